The minimum atomic E-state index is -0.515. The molecule has 0 bridgehead atoms. The molecule has 0 unspecified atom stereocenters. The molecule has 3 amide bonds. The Kier molecular flexibility index (Phi) is 5.79. The number of hydrogen-bond donors (Lipinski definition) is 1. The summed E-state index contributed by atoms with van der Waals surface area (Å²) in [5.74, 6) is 0.509. The molecule has 31 heavy (non-hydrogen) atoms. The first-order valence-corrected chi connectivity index (χ1v) is 10.2. The highest BCUT2D eigenvalue weighted by molar-refractivity contribution is 6.12. The lowest BCUT2D eigenvalue weighted by Gasteiger charge is -2.25. The van der Waals surface area contributed by atoms with Crippen LogP contribution in [0.15, 0.2) is 42.5 Å². The molecule has 0 aliphatic carbocycles. The van der Waals surface area contributed by atoms with Gasteiger partial charge in [-0.2, -0.15) is 0 Å². The van der Waals surface area contributed by atoms with E-state index in [0.717, 1.165) is 12.0 Å². The van der Waals surface area contributed by atoms with Gasteiger partial charge in [-0.15, -0.1) is 0 Å². The number of hydrogen-bond acceptors (Lipinski definition) is 5. The number of carbonyl (C=O) groups is 3. The number of fused-ring (bicyclic) bond motifs is 2. The standard InChI is InChI=1S/C23H25N3O5/c1-30-19-10-9-15(12-20(19)31-2)13-24-21(27)14-26-17-7-4-3-6-16(17)22(28)25-11-5-8-18(25)23(26)29/h3-4,6-7,9-10,12,18H,5,8,11,13-14H2,1-2H3,(H,24,27)/t18-/m0/s1. The molecule has 8 nitrogen and oxygen atoms in total. The number of carbonyl (C=O) groups excluding carboxylic acids is 3. The van der Waals surface area contributed by atoms with Crippen molar-refractivity contribution in [1.29, 1.82) is 0 Å². The Morgan fingerprint density at radius 3 is 2.65 bits per heavy atom. The Balaban J connectivity index is 1.51. The molecule has 1 atom stereocenters. The highest BCUT2D eigenvalue weighted by atomic mass is 16.5. The number of amides is 3. The Hall–Kier alpha value is -3.55. The first kappa shape index (κ1) is 20.7. The number of nitrogens with zero attached hydrogens (tertiary/aromatic N) is 2. The number of nitrogens with one attached hydrogen (secondary N) is 1. The molecule has 1 saturated heterocycles. The van der Waals surface area contributed by atoms with Crippen LogP contribution in [0.1, 0.15) is 28.8 Å². The Morgan fingerprint density at radius 1 is 1.10 bits per heavy atom. The summed E-state index contributed by atoms with van der Waals surface area (Å²) in [7, 11) is 3.11. The molecule has 0 radical (unpaired) electrons. The minimum Gasteiger partial charge on any atom is -0.493 e. The van der Waals surface area contributed by atoms with Crippen LogP contribution < -0.4 is 19.7 Å². The number of methoxy groups -OCH3 is 2. The molecule has 162 valence electrons. The Bertz CT molecular complexity index is 1020. The van der Waals surface area contributed by atoms with E-state index >= 15 is 0 Å². The first-order valence-electron chi connectivity index (χ1n) is 10.2. The maximum Gasteiger partial charge on any atom is 0.256 e. The highest BCUT2D eigenvalue weighted by Crippen LogP contribution is 2.32. The zero-order valence-electron chi connectivity index (χ0n) is 17.6. The zero-order valence-corrected chi connectivity index (χ0v) is 17.6. The van der Waals surface area contributed by atoms with Crippen LogP contribution in [0, 0.1) is 0 Å². The van der Waals surface area contributed by atoms with Crippen LogP contribution in [-0.4, -0.2) is 56.0 Å². The van der Waals surface area contributed by atoms with Gasteiger partial charge >= 0.3 is 0 Å². The third kappa shape index (κ3) is 3.93. The van der Waals surface area contributed by atoms with Gasteiger partial charge in [-0.05, 0) is 42.7 Å². The summed E-state index contributed by atoms with van der Waals surface area (Å²) in [5.41, 5.74) is 1.77. The largest absolute Gasteiger partial charge is 0.493 e. The topological polar surface area (TPSA) is 88.2 Å². The van der Waals surface area contributed by atoms with Crippen molar-refractivity contribution in [3.8, 4) is 11.5 Å². The molecule has 2 aromatic rings. The lowest BCUT2D eigenvalue weighted by atomic mass is 10.1. The van der Waals surface area contributed by atoms with Crippen molar-refractivity contribution in [3.05, 3.63) is 53.6 Å². The van der Waals surface area contributed by atoms with E-state index in [1.807, 2.05) is 6.07 Å². The van der Waals surface area contributed by atoms with E-state index in [0.29, 0.717) is 35.7 Å². The first-order chi connectivity index (χ1) is 15.0. The van der Waals surface area contributed by atoms with Crippen molar-refractivity contribution >= 4 is 23.4 Å². The van der Waals surface area contributed by atoms with Gasteiger partial charge in [-0.3, -0.25) is 14.4 Å². The molecule has 4 rings (SSSR count). The number of benzene rings is 2. The number of anilines is 1. The van der Waals surface area contributed by atoms with Crippen LogP contribution in [-0.2, 0) is 16.1 Å². The van der Waals surface area contributed by atoms with Gasteiger partial charge in [0.2, 0.25) is 11.8 Å². The van der Waals surface area contributed by atoms with Gasteiger partial charge in [0.05, 0.1) is 25.5 Å². The van der Waals surface area contributed by atoms with Crippen molar-refractivity contribution in [2.75, 3.05) is 32.2 Å². The average Bonchev–Trinajstić information content (AvgIpc) is 3.27. The lowest BCUT2D eigenvalue weighted by molar-refractivity contribution is -0.125. The van der Waals surface area contributed by atoms with Gasteiger partial charge in [-0.1, -0.05) is 18.2 Å². The normalized spacial score (nSPS) is 17.7. The average molecular weight is 423 g/mol. The van der Waals surface area contributed by atoms with Crippen molar-refractivity contribution in [1.82, 2.24) is 10.2 Å². The second-order valence-corrected chi connectivity index (χ2v) is 7.56. The molecule has 2 aliphatic rings. The Labute approximate surface area is 180 Å². The highest BCUT2D eigenvalue weighted by Gasteiger charge is 2.42. The summed E-state index contributed by atoms with van der Waals surface area (Å²) < 4.78 is 10.5. The molecule has 0 spiro atoms. The van der Waals surface area contributed by atoms with E-state index in [-0.39, 0.29) is 30.8 Å². The molecule has 8 heteroatoms. The molecule has 2 aromatic carbocycles. The van der Waals surface area contributed by atoms with Crippen molar-refractivity contribution < 1.29 is 23.9 Å². The van der Waals surface area contributed by atoms with Gasteiger partial charge < -0.3 is 24.6 Å². The molecule has 2 aliphatic heterocycles. The Morgan fingerprint density at radius 2 is 1.87 bits per heavy atom. The number of ether oxygens (including phenoxy) is 2. The summed E-state index contributed by atoms with van der Waals surface area (Å²) in [6.45, 7) is 0.682. The fourth-order valence-corrected chi connectivity index (χ4v) is 4.16. The molecule has 1 fully saturated rings. The van der Waals surface area contributed by atoms with Crippen LogP contribution in [0.5, 0.6) is 11.5 Å². The zero-order chi connectivity index (χ0) is 22.0. The molecular weight excluding hydrogens is 398 g/mol. The van der Waals surface area contributed by atoms with E-state index in [1.54, 1.807) is 55.5 Å². The summed E-state index contributed by atoms with van der Waals surface area (Å²) >= 11 is 0. The smallest absolute Gasteiger partial charge is 0.256 e. The SMILES string of the molecule is COc1ccc(CNC(=O)CN2C(=O)[C@@H]3CCCN3C(=O)c3ccccc32)cc1OC. The van der Waals surface area contributed by atoms with Crippen LogP contribution in [0.25, 0.3) is 0 Å². The van der Waals surface area contributed by atoms with Crippen LogP contribution in [0.4, 0.5) is 5.69 Å². The summed E-state index contributed by atoms with van der Waals surface area (Å²) in [5, 5.41) is 2.85. The minimum absolute atomic E-state index is 0.152. The quantitative estimate of drug-likeness (QED) is 0.768. The molecule has 0 saturated carbocycles. The predicted octanol–water partition coefficient (Wildman–Crippen LogP) is 1.97. The van der Waals surface area contributed by atoms with Gasteiger partial charge in [0, 0.05) is 13.1 Å². The molecule has 2 heterocycles. The van der Waals surface area contributed by atoms with Crippen LogP contribution in [0.3, 0.4) is 0 Å². The summed E-state index contributed by atoms with van der Waals surface area (Å²) in [6, 6.07) is 11.9. The van der Waals surface area contributed by atoms with E-state index in [4.69, 9.17) is 9.47 Å². The fourth-order valence-electron chi connectivity index (χ4n) is 4.16. The van der Waals surface area contributed by atoms with Gasteiger partial charge in [0.15, 0.2) is 11.5 Å². The van der Waals surface area contributed by atoms with E-state index < -0.39 is 6.04 Å². The fraction of sp³-hybridized carbons (Fsp3) is 0.348. The maximum atomic E-state index is 13.2. The third-order valence-corrected chi connectivity index (χ3v) is 5.73. The molecule has 1 N–H and O–H groups in total. The van der Waals surface area contributed by atoms with E-state index in [9.17, 15) is 14.4 Å². The van der Waals surface area contributed by atoms with Gasteiger partial charge in [0.25, 0.3) is 5.91 Å². The number of para-hydroxylation sites is 1. The van der Waals surface area contributed by atoms with Crippen molar-refractivity contribution in [3.63, 3.8) is 0 Å². The third-order valence-electron chi connectivity index (χ3n) is 5.73. The van der Waals surface area contributed by atoms with E-state index in [2.05, 4.69) is 5.32 Å². The van der Waals surface area contributed by atoms with Gasteiger partial charge in [0.1, 0.15) is 12.6 Å². The molecule has 0 aromatic heterocycles. The van der Waals surface area contributed by atoms with E-state index in [1.165, 1.54) is 4.90 Å². The molecular formula is C23H25N3O5. The van der Waals surface area contributed by atoms with Crippen molar-refractivity contribution in [2.45, 2.75) is 25.4 Å². The van der Waals surface area contributed by atoms with Crippen LogP contribution >= 0.6 is 0 Å². The monoisotopic (exact) mass is 423 g/mol. The lowest BCUT2D eigenvalue weighted by Crippen LogP contribution is -2.48. The summed E-state index contributed by atoms with van der Waals surface area (Å²) in [6.07, 6.45) is 1.39. The van der Waals surface area contributed by atoms with Crippen molar-refractivity contribution in [2.24, 2.45) is 0 Å². The van der Waals surface area contributed by atoms with Crippen LogP contribution in [0.2, 0.25) is 0 Å². The second kappa shape index (κ2) is 8.67. The second-order valence-electron chi connectivity index (χ2n) is 7.56. The van der Waals surface area contributed by atoms with Gasteiger partial charge in [-0.25, -0.2) is 0 Å². The number of rotatable bonds is 6. The maximum absolute atomic E-state index is 13.2. The summed E-state index contributed by atoms with van der Waals surface area (Å²) in [4.78, 5) is 42.0. The predicted molar refractivity (Wildman–Crippen MR) is 114 cm³/mol.